The Hall–Kier alpha value is -2.83. The van der Waals surface area contributed by atoms with Crippen LogP contribution in [0.2, 0.25) is 0 Å². The van der Waals surface area contributed by atoms with Crippen LogP contribution in [0.1, 0.15) is 39.0 Å². The van der Waals surface area contributed by atoms with Crippen LogP contribution in [0.4, 0.5) is 5.82 Å². The number of nitrogens with one attached hydrogen (secondary N) is 1. The van der Waals surface area contributed by atoms with Gasteiger partial charge in [0.15, 0.2) is 11.9 Å². The van der Waals surface area contributed by atoms with Gasteiger partial charge in [0, 0.05) is 13.1 Å². The Morgan fingerprint density at radius 2 is 1.89 bits per heavy atom. The van der Waals surface area contributed by atoms with Crippen molar-refractivity contribution < 1.29 is 18.8 Å². The molecule has 1 aromatic heterocycles. The van der Waals surface area contributed by atoms with Crippen molar-refractivity contribution in [1.82, 2.24) is 10.1 Å². The lowest BCUT2D eigenvalue weighted by Gasteiger charge is -2.22. The molecule has 2 amide bonds. The van der Waals surface area contributed by atoms with Crippen molar-refractivity contribution in [2.45, 2.75) is 46.1 Å². The van der Waals surface area contributed by atoms with E-state index in [1.807, 2.05) is 24.3 Å². The topological polar surface area (TPSA) is 84.7 Å². The molecule has 0 aliphatic heterocycles. The number of amides is 2. The van der Waals surface area contributed by atoms with E-state index in [2.05, 4.69) is 31.2 Å². The lowest BCUT2D eigenvalue weighted by atomic mass is 9.87. The van der Waals surface area contributed by atoms with Crippen molar-refractivity contribution in [1.29, 1.82) is 0 Å². The van der Waals surface area contributed by atoms with Crippen LogP contribution < -0.4 is 10.1 Å². The van der Waals surface area contributed by atoms with Crippen LogP contribution in [-0.4, -0.2) is 41.6 Å². The molecule has 7 heteroatoms. The number of hydrogen-bond donors (Lipinski definition) is 1. The standard InChI is InChI=1S/C20H27N3O4/c1-13-11-17(22-27-13)21-18(24)12-23(6)19(25)14(2)26-16-9-7-15(8-10-16)20(3,4)5/h7-11,14H,12H2,1-6H3,(H,21,22,24)/t14-/m0/s1. The molecule has 0 fully saturated rings. The van der Waals surface area contributed by atoms with Crippen molar-refractivity contribution in [2.24, 2.45) is 0 Å². The molecule has 0 saturated carbocycles. The van der Waals surface area contributed by atoms with Crippen LogP contribution in [0.5, 0.6) is 5.75 Å². The highest BCUT2D eigenvalue weighted by Crippen LogP contribution is 2.24. The number of benzene rings is 1. The fraction of sp³-hybridized carbons (Fsp3) is 0.450. The van der Waals surface area contributed by atoms with Gasteiger partial charge in [0.2, 0.25) is 5.91 Å². The summed E-state index contributed by atoms with van der Waals surface area (Å²) in [7, 11) is 1.55. The highest BCUT2D eigenvalue weighted by atomic mass is 16.5. The molecule has 0 unspecified atom stereocenters. The number of rotatable bonds is 6. The Kier molecular flexibility index (Phi) is 6.25. The molecule has 1 heterocycles. The van der Waals surface area contributed by atoms with E-state index in [1.54, 1.807) is 27.0 Å². The first-order valence-electron chi connectivity index (χ1n) is 8.81. The summed E-state index contributed by atoms with van der Waals surface area (Å²) in [5.41, 5.74) is 1.24. The number of aryl methyl sites for hydroxylation is 1. The maximum Gasteiger partial charge on any atom is 0.263 e. The molecule has 0 saturated heterocycles. The molecule has 1 N–H and O–H groups in total. The van der Waals surface area contributed by atoms with Gasteiger partial charge in [-0.2, -0.15) is 0 Å². The smallest absolute Gasteiger partial charge is 0.263 e. The zero-order chi connectivity index (χ0) is 20.2. The molecule has 27 heavy (non-hydrogen) atoms. The van der Waals surface area contributed by atoms with Gasteiger partial charge in [-0.1, -0.05) is 38.1 Å². The SMILES string of the molecule is Cc1cc(NC(=O)CN(C)C(=O)[C@H](C)Oc2ccc(C(C)(C)C)cc2)no1. The van der Waals surface area contributed by atoms with E-state index in [-0.39, 0.29) is 23.8 Å². The minimum absolute atomic E-state index is 0.0515. The van der Waals surface area contributed by atoms with E-state index in [4.69, 9.17) is 9.26 Å². The maximum absolute atomic E-state index is 12.5. The molecule has 0 radical (unpaired) electrons. The molecule has 0 spiro atoms. The predicted molar refractivity (Wildman–Crippen MR) is 103 cm³/mol. The fourth-order valence-corrected chi connectivity index (χ4v) is 2.50. The minimum Gasteiger partial charge on any atom is -0.481 e. The summed E-state index contributed by atoms with van der Waals surface area (Å²) >= 11 is 0. The summed E-state index contributed by atoms with van der Waals surface area (Å²) in [6.45, 7) is 9.68. The Morgan fingerprint density at radius 1 is 1.26 bits per heavy atom. The highest BCUT2D eigenvalue weighted by molar-refractivity contribution is 5.94. The summed E-state index contributed by atoms with van der Waals surface area (Å²) in [4.78, 5) is 25.8. The Bertz CT molecular complexity index is 790. The summed E-state index contributed by atoms with van der Waals surface area (Å²) in [6.07, 6.45) is -0.711. The molecular formula is C20H27N3O4. The second-order valence-electron chi connectivity index (χ2n) is 7.60. The summed E-state index contributed by atoms with van der Waals surface area (Å²) in [5, 5.41) is 6.27. The van der Waals surface area contributed by atoms with E-state index in [0.29, 0.717) is 17.3 Å². The van der Waals surface area contributed by atoms with Gasteiger partial charge in [0.05, 0.1) is 6.54 Å². The van der Waals surface area contributed by atoms with Crippen molar-refractivity contribution in [3.05, 3.63) is 41.7 Å². The second kappa shape index (κ2) is 8.24. The van der Waals surface area contributed by atoms with E-state index in [1.165, 1.54) is 10.5 Å². The zero-order valence-corrected chi connectivity index (χ0v) is 16.7. The lowest BCUT2D eigenvalue weighted by molar-refractivity contribution is -0.139. The summed E-state index contributed by atoms with van der Waals surface area (Å²) in [6, 6.07) is 9.29. The van der Waals surface area contributed by atoms with Gasteiger partial charge in [0.1, 0.15) is 11.5 Å². The Balaban J connectivity index is 1.88. The third-order valence-corrected chi connectivity index (χ3v) is 4.03. The number of likely N-dealkylation sites (N-methyl/N-ethyl adjacent to an activating group) is 1. The van der Waals surface area contributed by atoms with Crippen LogP contribution in [0, 0.1) is 6.92 Å². The van der Waals surface area contributed by atoms with Gasteiger partial charge >= 0.3 is 0 Å². The molecule has 1 aromatic carbocycles. The first-order valence-corrected chi connectivity index (χ1v) is 8.81. The second-order valence-corrected chi connectivity index (χ2v) is 7.60. The van der Waals surface area contributed by atoms with Crippen LogP contribution in [0.15, 0.2) is 34.9 Å². The third-order valence-electron chi connectivity index (χ3n) is 4.03. The van der Waals surface area contributed by atoms with Gasteiger partial charge in [-0.25, -0.2) is 0 Å². The normalized spacial score (nSPS) is 12.4. The summed E-state index contributed by atoms with van der Waals surface area (Å²) in [5.74, 6) is 0.873. The zero-order valence-electron chi connectivity index (χ0n) is 16.7. The molecular weight excluding hydrogens is 346 g/mol. The molecule has 7 nitrogen and oxygen atoms in total. The van der Waals surface area contributed by atoms with Gasteiger partial charge in [-0.15, -0.1) is 0 Å². The molecule has 146 valence electrons. The fourth-order valence-electron chi connectivity index (χ4n) is 2.50. The van der Waals surface area contributed by atoms with Gasteiger partial charge < -0.3 is 19.5 Å². The first-order chi connectivity index (χ1) is 12.6. The van der Waals surface area contributed by atoms with E-state index in [9.17, 15) is 9.59 Å². The van der Waals surface area contributed by atoms with E-state index in [0.717, 1.165) is 0 Å². The average Bonchev–Trinajstić information content (AvgIpc) is 2.98. The quantitative estimate of drug-likeness (QED) is 0.841. The predicted octanol–water partition coefficient (Wildman–Crippen LogP) is 3.14. The van der Waals surface area contributed by atoms with Crippen molar-refractivity contribution in [2.75, 3.05) is 18.9 Å². The number of hydrogen-bond acceptors (Lipinski definition) is 5. The van der Waals surface area contributed by atoms with Gasteiger partial charge in [-0.3, -0.25) is 9.59 Å². The number of anilines is 1. The Labute approximate surface area is 159 Å². The highest BCUT2D eigenvalue weighted by Gasteiger charge is 2.22. The average molecular weight is 373 g/mol. The number of ether oxygens (including phenoxy) is 1. The maximum atomic E-state index is 12.5. The molecule has 0 aliphatic carbocycles. The lowest BCUT2D eigenvalue weighted by Crippen LogP contribution is -2.42. The van der Waals surface area contributed by atoms with Gasteiger partial charge in [-0.05, 0) is 37.0 Å². The van der Waals surface area contributed by atoms with E-state index >= 15 is 0 Å². The largest absolute Gasteiger partial charge is 0.481 e. The molecule has 1 atom stereocenters. The van der Waals surface area contributed by atoms with Crippen LogP contribution in [0.25, 0.3) is 0 Å². The summed E-state index contributed by atoms with van der Waals surface area (Å²) < 4.78 is 10.6. The number of nitrogens with zero attached hydrogens (tertiary/aromatic N) is 2. The molecule has 2 rings (SSSR count). The van der Waals surface area contributed by atoms with Crippen molar-refractivity contribution in [3.8, 4) is 5.75 Å². The first kappa shape index (κ1) is 20.5. The molecule has 0 aliphatic rings. The van der Waals surface area contributed by atoms with Crippen LogP contribution >= 0.6 is 0 Å². The van der Waals surface area contributed by atoms with Crippen molar-refractivity contribution >= 4 is 17.6 Å². The molecule has 0 bridgehead atoms. The van der Waals surface area contributed by atoms with Gasteiger partial charge in [0.25, 0.3) is 5.91 Å². The number of carbonyl (C=O) groups excluding carboxylic acids is 2. The Morgan fingerprint density at radius 3 is 2.41 bits per heavy atom. The van der Waals surface area contributed by atoms with Crippen LogP contribution in [0.3, 0.4) is 0 Å². The number of carbonyl (C=O) groups is 2. The monoisotopic (exact) mass is 373 g/mol. The van der Waals surface area contributed by atoms with Crippen LogP contribution in [-0.2, 0) is 15.0 Å². The number of aromatic nitrogens is 1. The van der Waals surface area contributed by atoms with Crippen molar-refractivity contribution in [3.63, 3.8) is 0 Å². The third kappa shape index (κ3) is 5.84. The van der Waals surface area contributed by atoms with E-state index < -0.39 is 6.10 Å². The minimum atomic E-state index is -0.711. The molecule has 2 aromatic rings.